The number of esters is 1. The lowest BCUT2D eigenvalue weighted by Crippen LogP contribution is -2.05. The average Bonchev–Trinajstić information content (AvgIpc) is 3.28. The average molecular weight is 361 g/mol. The van der Waals surface area contributed by atoms with E-state index in [4.69, 9.17) is 9.26 Å². The number of aryl methyl sites for hydroxylation is 3. The number of ether oxygens (including phenoxy) is 1. The van der Waals surface area contributed by atoms with E-state index in [1.807, 2.05) is 68.7 Å². The summed E-state index contributed by atoms with van der Waals surface area (Å²) in [7, 11) is 0. The van der Waals surface area contributed by atoms with Crippen LogP contribution in [-0.4, -0.2) is 21.6 Å². The van der Waals surface area contributed by atoms with Gasteiger partial charge in [0.05, 0.1) is 0 Å². The van der Waals surface area contributed by atoms with Crippen molar-refractivity contribution in [3.05, 3.63) is 75.9 Å². The Labute approximate surface area is 156 Å². The summed E-state index contributed by atoms with van der Waals surface area (Å²) in [6.45, 7) is 7.80. The van der Waals surface area contributed by atoms with Crippen molar-refractivity contribution in [2.24, 2.45) is 4.99 Å². The maximum Gasteiger partial charge on any atom is 0.363 e. The molecule has 3 heterocycles. The largest absolute Gasteiger partial charge is 0.402 e. The molecule has 0 saturated heterocycles. The number of nitrogens with zero attached hydrogens (tertiary/aromatic N) is 3. The fourth-order valence-electron chi connectivity index (χ4n) is 3.12. The van der Waals surface area contributed by atoms with Crippen molar-refractivity contribution in [2.75, 3.05) is 0 Å². The van der Waals surface area contributed by atoms with Gasteiger partial charge >= 0.3 is 5.97 Å². The summed E-state index contributed by atoms with van der Waals surface area (Å²) in [5.41, 5.74) is 5.01. The summed E-state index contributed by atoms with van der Waals surface area (Å²) in [4.78, 5) is 16.7. The van der Waals surface area contributed by atoms with E-state index in [-0.39, 0.29) is 5.70 Å². The molecule has 0 bridgehead atoms. The molecule has 4 rings (SSSR count). The molecule has 0 N–H and O–H groups in total. The topological polar surface area (TPSA) is 69.6 Å². The normalized spacial score (nSPS) is 15.3. The molecule has 27 heavy (non-hydrogen) atoms. The molecule has 0 amide bonds. The van der Waals surface area contributed by atoms with Crippen LogP contribution in [0.25, 0.3) is 11.9 Å². The van der Waals surface area contributed by atoms with Gasteiger partial charge in [0.1, 0.15) is 5.76 Å². The molecule has 0 saturated carbocycles. The fraction of sp³-hybridized carbons (Fsp3) is 0.190. The quantitative estimate of drug-likeness (QED) is 0.521. The monoisotopic (exact) mass is 361 g/mol. The van der Waals surface area contributed by atoms with E-state index in [2.05, 4.69) is 10.1 Å². The lowest BCUT2D eigenvalue weighted by atomic mass is 10.1. The third-order valence-electron chi connectivity index (χ3n) is 4.53. The van der Waals surface area contributed by atoms with E-state index < -0.39 is 5.97 Å². The van der Waals surface area contributed by atoms with Crippen LogP contribution in [0.1, 0.15) is 33.8 Å². The first-order valence-electron chi connectivity index (χ1n) is 8.64. The van der Waals surface area contributed by atoms with E-state index in [0.29, 0.717) is 11.7 Å². The highest BCUT2D eigenvalue weighted by atomic mass is 16.6. The maximum absolute atomic E-state index is 12.3. The summed E-state index contributed by atoms with van der Waals surface area (Å²) < 4.78 is 12.5. The Morgan fingerprint density at radius 2 is 1.78 bits per heavy atom. The molecule has 1 aliphatic rings. The number of carbonyl (C=O) groups excluding carboxylic acids is 1. The van der Waals surface area contributed by atoms with Gasteiger partial charge in [-0.25, -0.2) is 9.79 Å². The first kappa shape index (κ1) is 17.0. The summed E-state index contributed by atoms with van der Waals surface area (Å²) in [6.07, 6.45) is 1.75. The van der Waals surface area contributed by atoms with Crippen molar-refractivity contribution in [1.29, 1.82) is 0 Å². The molecule has 0 spiro atoms. The van der Waals surface area contributed by atoms with Gasteiger partial charge in [-0.15, -0.1) is 0 Å². The highest BCUT2D eigenvalue weighted by molar-refractivity contribution is 6.12. The lowest BCUT2D eigenvalue weighted by Gasteiger charge is -2.03. The summed E-state index contributed by atoms with van der Waals surface area (Å²) in [5.74, 6) is 1.33. The molecule has 0 radical (unpaired) electrons. The second kappa shape index (κ2) is 6.39. The van der Waals surface area contributed by atoms with Crippen LogP contribution >= 0.6 is 0 Å². The number of aromatic nitrogens is 2. The Hall–Kier alpha value is -3.41. The molecule has 0 unspecified atom stereocenters. The minimum absolute atomic E-state index is 0.280. The number of hydrogen-bond donors (Lipinski definition) is 0. The Morgan fingerprint density at radius 1 is 1.04 bits per heavy atom. The van der Waals surface area contributed by atoms with Crippen molar-refractivity contribution in [3.8, 4) is 5.82 Å². The van der Waals surface area contributed by atoms with Gasteiger partial charge in [0.15, 0.2) is 11.5 Å². The van der Waals surface area contributed by atoms with Gasteiger partial charge in [0, 0.05) is 23.0 Å². The summed E-state index contributed by atoms with van der Waals surface area (Å²) in [6, 6.07) is 11.6. The molecule has 0 aliphatic carbocycles. The first-order valence-corrected chi connectivity index (χ1v) is 8.64. The van der Waals surface area contributed by atoms with Gasteiger partial charge in [0.2, 0.25) is 5.90 Å². The molecule has 6 heteroatoms. The van der Waals surface area contributed by atoms with Crippen LogP contribution in [0.2, 0.25) is 0 Å². The van der Waals surface area contributed by atoms with Crippen molar-refractivity contribution in [2.45, 2.75) is 27.7 Å². The molecule has 0 atom stereocenters. The predicted octanol–water partition coefficient (Wildman–Crippen LogP) is 4.04. The van der Waals surface area contributed by atoms with Crippen molar-refractivity contribution < 1.29 is 14.1 Å². The van der Waals surface area contributed by atoms with Gasteiger partial charge in [-0.05, 0) is 57.5 Å². The van der Waals surface area contributed by atoms with E-state index >= 15 is 0 Å². The van der Waals surface area contributed by atoms with Crippen LogP contribution < -0.4 is 0 Å². The van der Waals surface area contributed by atoms with Crippen molar-refractivity contribution in [1.82, 2.24) is 9.72 Å². The number of cyclic esters (lactones) is 1. The zero-order chi connectivity index (χ0) is 19.1. The molecule has 136 valence electrons. The molecule has 0 fully saturated rings. The Bertz CT molecular complexity index is 1100. The zero-order valence-electron chi connectivity index (χ0n) is 15.6. The second-order valence-electron chi connectivity index (χ2n) is 6.66. The minimum Gasteiger partial charge on any atom is -0.402 e. The minimum atomic E-state index is -0.451. The number of rotatable bonds is 3. The number of aliphatic imine (C=N–C) groups is 1. The Balaban J connectivity index is 1.71. The van der Waals surface area contributed by atoms with Gasteiger partial charge in [-0.1, -0.05) is 22.9 Å². The van der Waals surface area contributed by atoms with E-state index in [1.165, 1.54) is 0 Å². The summed E-state index contributed by atoms with van der Waals surface area (Å²) >= 11 is 0. The molecular weight excluding hydrogens is 342 g/mol. The van der Waals surface area contributed by atoms with Crippen LogP contribution in [0.4, 0.5) is 0 Å². The van der Waals surface area contributed by atoms with Gasteiger partial charge in [0.25, 0.3) is 0 Å². The lowest BCUT2D eigenvalue weighted by molar-refractivity contribution is -0.129. The van der Waals surface area contributed by atoms with Crippen molar-refractivity contribution >= 4 is 17.9 Å². The number of carbonyl (C=O) groups is 1. The SMILES string of the molecule is Cc1ccc(C2=N/C(=C\c3cc(C)n(-c4cc(C)on4)c3C)C(=O)O2)cc1. The van der Waals surface area contributed by atoms with Gasteiger partial charge in [-0.2, -0.15) is 0 Å². The standard InChI is InChI=1S/C21H19N3O3/c1-12-5-7-16(8-6-12)20-22-18(21(25)26-20)11-17-9-13(2)24(15(17)4)19-10-14(3)27-23-19/h5-11H,1-4H3/b18-11-. The maximum atomic E-state index is 12.3. The van der Waals surface area contributed by atoms with Crippen LogP contribution in [0, 0.1) is 27.7 Å². The zero-order valence-corrected chi connectivity index (χ0v) is 15.6. The van der Waals surface area contributed by atoms with E-state index in [9.17, 15) is 4.79 Å². The Kier molecular flexibility index (Phi) is 4.03. The molecule has 1 aliphatic heterocycles. The van der Waals surface area contributed by atoms with Crippen molar-refractivity contribution in [3.63, 3.8) is 0 Å². The first-order chi connectivity index (χ1) is 12.9. The fourth-order valence-corrected chi connectivity index (χ4v) is 3.12. The molecule has 2 aromatic heterocycles. The van der Waals surface area contributed by atoms with Crippen LogP contribution in [0.5, 0.6) is 0 Å². The molecule has 3 aromatic rings. The van der Waals surface area contributed by atoms with Crippen LogP contribution in [0.15, 0.2) is 51.6 Å². The highest BCUT2D eigenvalue weighted by Crippen LogP contribution is 2.25. The number of hydrogen-bond acceptors (Lipinski definition) is 5. The predicted molar refractivity (Wildman–Crippen MR) is 102 cm³/mol. The highest BCUT2D eigenvalue weighted by Gasteiger charge is 2.25. The third-order valence-corrected chi connectivity index (χ3v) is 4.53. The number of benzene rings is 1. The van der Waals surface area contributed by atoms with Crippen LogP contribution in [0.3, 0.4) is 0 Å². The van der Waals surface area contributed by atoms with Gasteiger partial charge in [-0.3, -0.25) is 4.57 Å². The van der Waals surface area contributed by atoms with E-state index in [0.717, 1.165) is 33.8 Å². The van der Waals surface area contributed by atoms with Crippen LogP contribution in [-0.2, 0) is 9.53 Å². The molecule has 1 aromatic carbocycles. The molecule has 6 nitrogen and oxygen atoms in total. The second-order valence-corrected chi connectivity index (χ2v) is 6.66. The Morgan fingerprint density at radius 3 is 2.44 bits per heavy atom. The molecular formula is C21H19N3O3. The smallest absolute Gasteiger partial charge is 0.363 e. The summed E-state index contributed by atoms with van der Waals surface area (Å²) in [5, 5.41) is 4.07. The third kappa shape index (κ3) is 3.10. The van der Waals surface area contributed by atoms with Gasteiger partial charge < -0.3 is 9.26 Å². The van der Waals surface area contributed by atoms with E-state index in [1.54, 1.807) is 6.08 Å².